The number of aryl methyl sites for hydroxylation is 1. The largest absolute Gasteiger partial charge is 0.493 e. The second kappa shape index (κ2) is 7.31. The molecule has 0 saturated heterocycles. The predicted octanol–water partition coefficient (Wildman–Crippen LogP) is 1.96. The second-order valence-corrected chi connectivity index (χ2v) is 4.68. The first-order valence-electron chi connectivity index (χ1n) is 6.82. The molecule has 0 aliphatic rings. The lowest BCUT2D eigenvalue weighted by Crippen LogP contribution is -2.14. The fraction of sp³-hybridized carbons (Fsp3) is 0.250. The van der Waals surface area contributed by atoms with Crippen LogP contribution in [0.2, 0.25) is 0 Å². The molecule has 2 N–H and O–H groups in total. The maximum Gasteiger partial charge on any atom is 0.248 e. The molecule has 0 spiro atoms. The molecule has 0 fully saturated rings. The quantitative estimate of drug-likeness (QED) is 0.855. The third kappa shape index (κ3) is 4.12. The fourth-order valence-corrected chi connectivity index (χ4v) is 2.01. The van der Waals surface area contributed by atoms with Crippen molar-refractivity contribution in [2.24, 2.45) is 0 Å². The van der Waals surface area contributed by atoms with Gasteiger partial charge in [-0.3, -0.25) is 9.59 Å². The first kappa shape index (κ1) is 15.6. The number of aromatic amines is 1. The van der Waals surface area contributed by atoms with Crippen LogP contribution in [-0.4, -0.2) is 25.1 Å². The van der Waals surface area contributed by atoms with Crippen LogP contribution in [0.25, 0.3) is 0 Å². The van der Waals surface area contributed by atoms with Crippen LogP contribution >= 0.6 is 0 Å². The van der Waals surface area contributed by atoms with E-state index < -0.39 is 0 Å². The number of benzene rings is 1. The van der Waals surface area contributed by atoms with Gasteiger partial charge in [0, 0.05) is 18.7 Å². The van der Waals surface area contributed by atoms with Gasteiger partial charge in [0.2, 0.25) is 11.5 Å². The van der Waals surface area contributed by atoms with E-state index in [4.69, 9.17) is 9.47 Å². The highest BCUT2D eigenvalue weighted by Gasteiger charge is 2.07. The third-order valence-corrected chi connectivity index (χ3v) is 3.16. The molecule has 1 aromatic heterocycles. The molecule has 116 valence electrons. The molecule has 0 aliphatic heterocycles. The van der Waals surface area contributed by atoms with Gasteiger partial charge in [-0.15, -0.1) is 0 Å². The van der Waals surface area contributed by atoms with Crippen molar-refractivity contribution in [1.29, 1.82) is 0 Å². The van der Waals surface area contributed by atoms with E-state index in [9.17, 15) is 9.59 Å². The predicted molar refractivity (Wildman–Crippen MR) is 83.6 cm³/mol. The van der Waals surface area contributed by atoms with Crippen LogP contribution in [-0.2, 0) is 11.2 Å². The van der Waals surface area contributed by atoms with E-state index in [1.165, 1.54) is 12.3 Å². The Hall–Kier alpha value is -2.76. The molecule has 0 unspecified atom stereocenters. The number of nitrogens with one attached hydrogen (secondary N) is 2. The summed E-state index contributed by atoms with van der Waals surface area (Å²) in [6.07, 6.45) is 2.38. The van der Waals surface area contributed by atoms with E-state index in [1.807, 2.05) is 18.2 Å². The van der Waals surface area contributed by atoms with Crippen molar-refractivity contribution in [3.63, 3.8) is 0 Å². The summed E-state index contributed by atoms with van der Waals surface area (Å²) in [6, 6.07) is 8.49. The molecular weight excluding hydrogens is 284 g/mol. The third-order valence-electron chi connectivity index (χ3n) is 3.16. The van der Waals surface area contributed by atoms with Crippen molar-refractivity contribution < 1.29 is 14.3 Å². The summed E-state index contributed by atoms with van der Waals surface area (Å²) in [7, 11) is 3.15. The van der Waals surface area contributed by atoms with E-state index in [2.05, 4.69) is 10.3 Å². The van der Waals surface area contributed by atoms with Crippen molar-refractivity contribution in [2.75, 3.05) is 19.5 Å². The Kier molecular flexibility index (Phi) is 5.19. The summed E-state index contributed by atoms with van der Waals surface area (Å²) in [5.41, 5.74) is 1.34. The van der Waals surface area contributed by atoms with Gasteiger partial charge in [0.25, 0.3) is 0 Å². The molecule has 0 atom stereocenters. The number of rotatable bonds is 6. The molecule has 2 aromatic rings. The molecular formula is C16H18N2O4. The number of ether oxygens (including phenoxy) is 2. The van der Waals surface area contributed by atoms with Gasteiger partial charge in [-0.2, -0.15) is 0 Å². The van der Waals surface area contributed by atoms with E-state index >= 15 is 0 Å². The number of pyridine rings is 1. The first-order chi connectivity index (χ1) is 10.6. The monoisotopic (exact) mass is 302 g/mol. The van der Waals surface area contributed by atoms with Crippen molar-refractivity contribution in [3.8, 4) is 11.5 Å². The number of H-pyrrole nitrogens is 1. The minimum Gasteiger partial charge on any atom is -0.493 e. The summed E-state index contributed by atoms with van der Waals surface area (Å²) >= 11 is 0. The normalized spacial score (nSPS) is 10.1. The maximum absolute atomic E-state index is 11.9. The molecule has 6 heteroatoms. The number of hydrogen-bond donors (Lipinski definition) is 2. The lowest BCUT2D eigenvalue weighted by molar-refractivity contribution is -0.116. The van der Waals surface area contributed by atoms with Crippen molar-refractivity contribution in [2.45, 2.75) is 12.8 Å². The van der Waals surface area contributed by atoms with Crippen molar-refractivity contribution >= 4 is 11.6 Å². The Morgan fingerprint density at radius 1 is 1.14 bits per heavy atom. The van der Waals surface area contributed by atoms with Crippen molar-refractivity contribution in [1.82, 2.24) is 4.98 Å². The van der Waals surface area contributed by atoms with E-state index in [0.29, 0.717) is 30.0 Å². The highest BCUT2D eigenvalue weighted by Crippen LogP contribution is 2.27. The number of hydrogen-bond acceptors (Lipinski definition) is 4. The number of anilines is 1. The van der Waals surface area contributed by atoms with Gasteiger partial charge in [-0.05, 0) is 30.2 Å². The van der Waals surface area contributed by atoms with Gasteiger partial charge in [0.15, 0.2) is 11.5 Å². The molecule has 22 heavy (non-hydrogen) atoms. The zero-order valence-electron chi connectivity index (χ0n) is 12.5. The lowest BCUT2D eigenvalue weighted by atomic mass is 10.1. The number of carbonyl (C=O) groups is 1. The van der Waals surface area contributed by atoms with Crippen molar-refractivity contribution in [3.05, 3.63) is 52.4 Å². The van der Waals surface area contributed by atoms with Gasteiger partial charge < -0.3 is 19.8 Å². The molecule has 0 aliphatic carbocycles. The highest BCUT2D eigenvalue weighted by atomic mass is 16.5. The number of amides is 1. The summed E-state index contributed by atoms with van der Waals surface area (Å²) in [6.45, 7) is 0. The molecule has 6 nitrogen and oxygen atoms in total. The molecule has 0 saturated carbocycles. The van der Waals surface area contributed by atoms with Gasteiger partial charge in [0.1, 0.15) is 0 Å². The van der Waals surface area contributed by atoms with Gasteiger partial charge in [-0.1, -0.05) is 6.07 Å². The minimum atomic E-state index is -0.205. The SMILES string of the molecule is COc1ccc(CCC(=O)Nc2ccc(=O)[nH]c2)cc1OC. The minimum absolute atomic E-state index is 0.123. The van der Waals surface area contributed by atoms with Crippen LogP contribution < -0.4 is 20.3 Å². The average molecular weight is 302 g/mol. The Labute approximate surface area is 128 Å². The summed E-state index contributed by atoms with van der Waals surface area (Å²) in [5, 5.41) is 2.73. The van der Waals surface area contributed by atoms with Crippen LogP contribution in [0.1, 0.15) is 12.0 Å². The number of methoxy groups -OCH3 is 2. The zero-order chi connectivity index (χ0) is 15.9. The fourth-order valence-electron chi connectivity index (χ4n) is 2.01. The molecule has 2 rings (SSSR count). The van der Waals surface area contributed by atoms with Crippen LogP contribution in [0.4, 0.5) is 5.69 Å². The second-order valence-electron chi connectivity index (χ2n) is 4.68. The molecule has 1 heterocycles. The first-order valence-corrected chi connectivity index (χ1v) is 6.82. The zero-order valence-corrected chi connectivity index (χ0v) is 12.5. The van der Waals surface area contributed by atoms with Crippen LogP contribution in [0.3, 0.4) is 0 Å². The number of aromatic nitrogens is 1. The van der Waals surface area contributed by atoms with E-state index in [0.717, 1.165) is 5.56 Å². The highest BCUT2D eigenvalue weighted by molar-refractivity contribution is 5.90. The van der Waals surface area contributed by atoms with Gasteiger partial charge in [-0.25, -0.2) is 0 Å². The van der Waals surface area contributed by atoms with Crippen LogP contribution in [0.5, 0.6) is 11.5 Å². The molecule has 1 aromatic carbocycles. The molecule has 1 amide bonds. The Balaban J connectivity index is 1.93. The van der Waals surface area contributed by atoms with Crippen LogP contribution in [0, 0.1) is 0 Å². The standard InChI is InChI=1S/C16H18N2O4/c1-21-13-6-3-11(9-14(13)22-2)4-7-16(20)18-12-5-8-15(19)17-10-12/h3,5-6,8-10H,4,7H2,1-2H3,(H,17,19)(H,18,20). The number of carbonyl (C=O) groups excluding carboxylic acids is 1. The summed E-state index contributed by atoms with van der Waals surface area (Å²) in [4.78, 5) is 25.3. The van der Waals surface area contributed by atoms with Crippen LogP contribution in [0.15, 0.2) is 41.3 Å². The summed E-state index contributed by atoms with van der Waals surface area (Å²) in [5.74, 6) is 1.17. The Morgan fingerprint density at radius 2 is 1.91 bits per heavy atom. The Bertz CT molecular complexity index is 689. The topological polar surface area (TPSA) is 80.4 Å². The van der Waals surface area contributed by atoms with E-state index in [1.54, 1.807) is 20.3 Å². The average Bonchev–Trinajstić information content (AvgIpc) is 2.54. The lowest BCUT2D eigenvalue weighted by Gasteiger charge is -2.09. The van der Waals surface area contributed by atoms with E-state index in [-0.39, 0.29) is 11.5 Å². The maximum atomic E-state index is 11.9. The smallest absolute Gasteiger partial charge is 0.248 e. The summed E-state index contributed by atoms with van der Waals surface area (Å²) < 4.78 is 10.4. The molecule has 0 bridgehead atoms. The van der Waals surface area contributed by atoms with Gasteiger partial charge in [0.05, 0.1) is 19.9 Å². The Morgan fingerprint density at radius 3 is 2.55 bits per heavy atom. The molecule has 0 radical (unpaired) electrons. The van der Waals surface area contributed by atoms with Gasteiger partial charge >= 0.3 is 0 Å².